The molecule has 5 nitrogen and oxygen atoms in total. The fourth-order valence-electron chi connectivity index (χ4n) is 1.70. The van der Waals surface area contributed by atoms with Gasteiger partial charge in [-0.2, -0.15) is 13.2 Å². The molecule has 110 valence electrons. The number of alkyl halides is 3. The van der Waals surface area contributed by atoms with Crippen LogP contribution in [0.4, 0.5) is 13.2 Å². The molecule has 1 aliphatic heterocycles. The number of hydrogen-bond donors (Lipinski definition) is 1. The van der Waals surface area contributed by atoms with Crippen LogP contribution in [0.15, 0.2) is 18.3 Å². The summed E-state index contributed by atoms with van der Waals surface area (Å²) in [6, 6.07) is 2.82. The van der Waals surface area contributed by atoms with Crippen LogP contribution in [-0.4, -0.2) is 42.9 Å². The van der Waals surface area contributed by atoms with Crippen molar-refractivity contribution in [2.75, 3.05) is 19.8 Å². The Hall–Kier alpha value is -1.83. The zero-order valence-electron chi connectivity index (χ0n) is 10.4. The average Bonchev–Trinajstić information content (AvgIpc) is 2.89. The Labute approximate surface area is 113 Å². The summed E-state index contributed by atoms with van der Waals surface area (Å²) >= 11 is 0. The van der Waals surface area contributed by atoms with Crippen LogP contribution in [0.3, 0.4) is 0 Å². The number of hydrogen-bond acceptors (Lipinski definition) is 4. The number of nitrogens with zero attached hydrogens (tertiary/aromatic N) is 1. The Bertz CT molecular complexity index is 473. The molecule has 8 heteroatoms. The second kappa shape index (κ2) is 6.08. The van der Waals surface area contributed by atoms with Crippen molar-refractivity contribution in [1.29, 1.82) is 0 Å². The standard InChI is InChI=1S/C12H13F3N2O3/c13-12(14,15)7-17-10(18)9-2-1-4-16-11(9)20-8-3-5-19-6-8/h1-2,4,8H,3,5-7H2,(H,17,18). The Balaban J connectivity index is 2.04. The van der Waals surface area contributed by atoms with Gasteiger partial charge in [0.2, 0.25) is 5.88 Å². The van der Waals surface area contributed by atoms with Crippen LogP contribution in [0.1, 0.15) is 16.8 Å². The van der Waals surface area contributed by atoms with Crippen molar-refractivity contribution in [2.24, 2.45) is 0 Å². The van der Waals surface area contributed by atoms with Crippen molar-refractivity contribution in [2.45, 2.75) is 18.7 Å². The summed E-state index contributed by atoms with van der Waals surface area (Å²) in [5.74, 6) is -0.855. The van der Waals surface area contributed by atoms with E-state index in [4.69, 9.17) is 9.47 Å². The summed E-state index contributed by atoms with van der Waals surface area (Å²) in [6.45, 7) is -0.472. The third-order valence-corrected chi connectivity index (χ3v) is 2.63. The first-order valence-electron chi connectivity index (χ1n) is 6.00. The van der Waals surface area contributed by atoms with Gasteiger partial charge in [0.25, 0.3) is 5.91 Å². The quantitative estimate of drug-likeness (QED) is 0.914. The second-order valence-corrected chi connectivity index (χ2v) is 4.26. The van der Waals surface area contributed by atoms with Gasteiger partial charge in [-0.1, -0.05) is 0 Å². The summed E-state index contributed by atoms with van der Waals surface area (Å²) in [5, 5.41) is 1.79. The topological polar surface area (TPSA) is 60.5 Å². The van der Waals surface area contributed by atoms with E-state index in [1.54, 1.807) is 5.32 Å². The van der Waals surface area contributed by atoms with Gasteiger partial charge in [-0.15, -0.1) is 0 Å². The van der Waals surface area contributed by atoms with Crippen LogP contribution < -0.4 is 10.1 Å². The number of halogens is 3. The molecular weight excluding hydrogens is 277 g/mol. The van der Waals surface area contributed by atoms with E-state index in [1.807, 2.05) is 0 Å². The highest BCUT2D eigenvalue weighted by Gasteiger charge is 2.29. The Morgan fingerprint density at radius 1 is 1.55 bits per heavy atom. The average molecular weight is 290 g/mol. The van der Waals surface area contributed by atoms with E-state index in [-0.39, 0.29) is 17.5 Å². The van der Waals surface area contributed by atoms with Gasteiger partial charge in [0.1, 0.15) is 18.2 Å². The fraction of sp³-hybridized carbons (Fsp3) is 0.500. The number of rotatable bonds is 4. The molecule has 0 aromatic carbocycles. The van der Waals surface area contributed by atoms with E-state index in [2.05, 4.69) is 4.98 Å². The van der Waals surface area contributed by atoms with Crippen molar-refractivity contribution in [3.63, 3.8) is 0 Å². The number of nitrogens with one attached hydrogen (secondary N) is 1. The van der Waals surface area contributed by atoms with Crippen LogP contribution in [0.5, 0.6) is 5.88 Å². The molecule has 0 aliphatic carbocycles. The maximum Gasteiger partial charge on any atom is 0.405 e. The molecule has 1 saturated heterocycles. The minimum absolute atomic E-state index is 0.0164. The van der Waals surface area contributed by atoms with Crippen LogP contribution in [-0.2, 0) is 4.74 Å². The summed E-state index contributed by atoms with van der Waals surface area (Å²) in [4.78, 5) is 15.6. The first-order chi connectivity index (χ1) is 9.46. The van der Waals surface area contributed by atoms with Crippen molar-refractivity contribution < 1.29 is 27.4 Å². The lowest BCUT2D eigenvalue weighted by atomic mass is 10.2. The monoisotopic (exact) mass is 290 g/mol. The lowest BCUT2D eigenvalue weighted by molar-refractivity contribution is -0.123. The number of pyridine rings is 1. The Morgan fingerprint density at radius 2 is 2.35 bits per heavy atom. The highest BCUT2D eigenvalue weighted by molar-refractivity contribution is 5.96. The lowest BCUT2D eigenvalue weighted by Gasteiger charge is -2.14. The largest absolute Gasteiger partial charge is 0.471 e. The Morgan fingerprint density at radius 3 is 3.00 bits per heavy atom. The molecule has 0 bridgehead atoms. The van der Waals surface area contributed by atoms with Crippen LogP contribution in [0.25, 0.3) is 0 Å². The molecule has 1 unspecified atom stereocenters. The molecule has 1 aromatic heterocycles. The zero-order chi connectivity index (χ0) is 14.6. The van der Waals surface area contributed by atoms with Crippen molar-refractivity contribution in [1.82, 2.24) is 10.3 Å². The predicted octanol–water partition coefficient (Wildman–Crippen LogP) is 1.54. The van der Waals surface area contributed by atoms with Crippen LogP contribution in [0.2, 0.25) is 0 Å². The molecule has 1 aliphatic rings. The minimum Gasteiger partial charge on any atom is -0.471 e. The normalized spacial score (nSPS) is 18.9. The molecule has 2 rings (SSSR count). The number of aromatic nitrogens is 1. The molecule has 0 saturated carbocycles. The highest BCUT2D eigenvalue weighted by Crippen LogP contribution is 2.20. The second-order valence-electron chi connectivity index (χ2n) is 4.26. The third-order valence-electron chi connectivity index (χ3n) is 2.63. The van der Waals surface area contributed by atoms with Gasteiger partial charge in [-0.05, 0) is 12.1 Å². The molecule has 0 spiro atoms. The molecular formula is C12H13F3N2O3. The van der Waals surface area contributed by atoms with Gasteiger partial charge in [0.05, 0.1) is 13.2 Å². The maximum absolute atomic E-state index is 12.1. The Kier molecular flexibility index (Phi) is 4.43. The van der Waals surface area contributed by atoms with Crippen molar-refractivity contribution in [3.05, 3.63) is 23.9 Å². The van der Waals surface area contributed by atoms with Crippen molar-refractivity contribution >= 4 is 5.91 Å². The summed E-state index contributed by atoms with van der Waals surface area (Å²) < 4.78 is 46.8. The number of carbonyl (C=O) groups is 1. The maximum atomic E-state index is 12.1. The SMILES string of the molecule is O=C(NCC(F)(F)F)c1cccnc1OC1CCOC1. The molecule has 1 aromatic rings. The zero-order valence-corrected chi connectivity index (χ0v) is 10.4. The smallest absolute Gasteiger partial charge is 0.405 e. The summed E-state index contributed by atoms with van der Waals surface area (Å²) in [5.41, 5.74) is -0.0244. The summed E-state index contributed by atoms with van der Waals surface area (Å²) in [7, 11) is 0. The number of carbonyl (C=O) groups excluding carboxylic acids is 1. The van der Waals surface area contributed by atoms with E-state index < -0.39 is 18.6 Å². The predicted molar refractivity (Wildman–Crippen MR) is 62.5 cm³/mol. The van der Waals surface area contributed by atoms with E-state index >= 15 is 0 Å². The molecule has 1 N–H and O–H groups in total. The first kappa shape index (κ1) is 14.6. The van der Waals surface area contributed by atoms with Gasteiger partial charge < -0.3 is 14.8 Å². The van der Waals surface area contributed by atoms with E-state index in [0.717, 1.165) is 0 Å². The van der Waals surface area contributed by atoms with E-state index in [9.17, 15) is 18.0 Å². The number of amides is 1. The fourth-order valence-corrected chi connectivity index (χ4v) is 1.70. The van der Waals surface area contributed by atoms with E-state index in [1.165, 1.54) is 18.3 Å². The molecule has 0 radical (unpaired) electrons. The third kappa shape index (κ3) is 4.09. The van der Waals surface area contributed by atoms with Crippen LogP contribution >= 0.6 is 0 Å². The first-order valence-corrected chi connectivity index (χ1v) is 6.00. The number of ether oxygens (including phenoxy) is 2. The van der Waals surface area contributed by atoms with Gasteiger partial charge in [0.15, 0.2) is 0 Å². The minimum atomic E-state index is -4.46. The van der Waals surface area contributed by atoms with Gasteiger partial charge in [-0.3, -0.25) is 4.79 Å². The van der Waals surface area contributed by atoms with E-state index in [0.29, 0.717) is 19.6 Å². The molecule has 2 heterocycles. The lowest BCUT2D eigenvalue weighted by Crippen LogP contribution is -2.34. The van der Waals surface area contributed by atoms with Gasteiger partial charge in [0, 0.05) is 12.6 Å². The van der Waals surface area contributed by atoms with Gasteiger partial charge in [-0.25, -0.2) is 4.98 Å². The van der Waals surface area contributed by atoms with Crippen LogP contribution in [0, 0.1) is 0 Å². The summed E-state index contributed by atoms with van der Waals surface area (Å²) in [6.07, 6.45) is -2.64. The van der Waals surface area contributed by atoms with Gasteiger partial charge >= 0.3 is 6.18 Å². The van der Waals surface area contributed by atoms with Crippen molar-refractivity contribution in [3.8, 4) is 5.88 Å². The molecule has 1 fully saturated rings. The highest BCUT2D eigenvalue weighted by atomic mass is 19.4. The molecule has 20 heavy (non-hydrogen) atoms. The molecule has 1 amide bonds. The molecule has 1 atom stereocenters.